The van der Waals surface area contributed by atoms with Gasteiger partial charge < -0.3 is 40.4 Å². The first kappa shape index (κ1) is 45.9. The van der Waals surface area contributed by atoms with Crippen molar-refractivity contribution in [1.29, 1.82) is 0 Å². The van der Waals surface area contributed by atoms with Gasteiger partial charge in [0, 0.05) is 88.4 Å². The van der Waals surface area contributed by atoms with Crippen LogP contribution in [-0.2, 0) is 47.9 Å². The highest BCUT2D eigenvalue weighted by atomic mass is 16.2. The average Bonchev–Trinajstić information content (AvgIpc) is 2.98. The number of hydrogen-bond acceptors (Lipinski definition) is 10. The van der Waals surface area contributed by atoms with Gasteiger partial charge in [0.25, 0.3) is 0 Å². The number of carbonyl (C=O) groups excluding carboxylic acids is 10. The SMILES string of the molecule is CC(=O)CCC(CC(C)=O)NC(=O)CC(CCC(C)=O)NC(=O)CCC(CC(C)=O)NC(=O)CC(CCC(C)=O)NC(=O)CC(C)CCC=O. The van der Waals surface area contributed by atoms with Crippen molar-refractivity contribution in [3.05, 3.63) is 0 Å². The van der Waals surface area contributed by atoms with E-state index in [1.54, 1.807) is 0 Å². The van der Waals surface area contributed by atoms with Crippen molar-refractivity contribution in [2.45, 2.75) is 162 Å². The zero-order valence-electron chi connectivity index (χ0n) is 30.7. The Morgan fingerprint density at radius 3 is 1.08 bits per heavy atom. The molecule has 0 radical (unpaired) electrons. The zero-order valence-corrected chi connectivity index (χ0v) is 30.7. The summed E-state index contributed by atoms with van der Waals surface area (Å²) in [6.07, 6.45) is 2.67. The fraction of sp³-hybridized carbons (Fsp3) is 0.722. The monoisotopic (exact) mass is 706 g/mol. The van der Waals surface area contributed by atoms with E-state index >= 15 is 0 Å². The molecule has 0 aromatic carbocycles. The molecule has 0 aliphatic carbocycles. The van der Waals surface area contributed by atoms with E-state index in [4.69, 9.17) is 0 Å². The summed E-state index contributed by atoms with van der Waals surface area (Å²) in [4.78, 5) is 121. The molecule has 0 aliphatic rings. The predicted molar refractivity (Wildman–Crippen MR) is 186 cm³/mol. The lowest BCUT2D eigenvalue weighted by Gasteiger charge is -2.23. The van der Waals surface area contributed by atoms with Crippen LogP contribution in [0.1, 0.15) is 138 Å². The van der Waals surface area contributed by atoms with Crippen molar-refractivity contribution in [2.75, 3.05) is 0 Å². The minimum Gasteiger partial charge on any atom is -0.353 e. The van der Waals surface area contributed by atoms with Crippen LogP contribution in [-0.4, -0.2) is 83.0 Å². The Kier molecular flexibility index (Phi) is 23.7. The van der Waals surface area contributed by atoms with Crippen LogP contribution in [0.15, 0.2) is 0 Å². The molecule has 0 spiro atoms. The van der Waals surface area contributed by atoms with Gasteiger partial charge in [-0.25, -0.2) is 0 Å². The van der Waals surface area contributed by atoms with Gasteiger partial charge in [-0.15, -0.1) is 0 Å². The highest BCUT2D eigenvalue weighted by molar-refractivity contribution is 5.84. The van der Waals surface area contributed by atoms with Gasteiger partial charge in [0.2, 0.25) is 23.6 Å². The molecule has 0 rings (SSSR count). The van der Waals surface area contributed by atoms with Gasteiger partial charge in [-0.2, -0.15) is 0 Å². The minimum absolute atomic E-state index is 0.0496. The van der Waals surface area contributed by atoms with E-state index in [1.165, 1.54) is 34.6 Å². The fourth-order valence-electron chi connectivity index (χ4n) is 5.41. The third kappa shape index (κ3) is 25.9. The molecule has 0 aliphatic heterocycles. The van der Waals surface area contributed by atoms with Crippen molar-refractivity contribution >= 4 is 58.8 Å². The van der Waals surface area contributed by atoms with E-state index in [0.29, 0.717) is 19.3 Å². The Hall–Kier alpha value is -4.10. The summed E-state index contributed by atoms with van der Waals surface area (Å²) in [6.45, 7) is 8.81. The second kappa shape index (κ2) is 25.8. The van der Waals surface area contributed by atoms with Crippen molar-refractivity contribution in [1.82, 2.24) is 21.3 Å². The first-order valence-corrected chi connectivity index (χ1v) is 17.5. The molecule has 0 saturated heterocycles. The van der Waals surface area contributed by atoms with Crippen molar-refractivity contribution < 1.29 is 47.9 Å². The number of ketones is 5. The molecular weight excluding hydrogens is 648 g/mol. The third-order valence-corrected chi connectivity index (χ3v) is 7.96. The highest BCUT2D eigenvalue weighted by Crippen LogP contribution is 2.13. The summed E-state index contributed by atoms with van der Waals surface area (Å²) in [5, 5.41) is 11.1. The number of hydrogen-bond donors (Lipinski definition) is 4. The smallest absolute Gasteiger partial charge is 0.222 e. The number of rotatable bonds is 29. The number of Topliss-reactive ketones (excluding diaryl/α,β-unsaturated/α-hetero) is 5. The molecule has 5 atom stereocenters. The van der Waals surface area contributed by atoms with Crippen molar-refractivity contribution in [2.24, 2.45) is 5.92 Å². The van der Waals surface area contributed by atoms with E-state index in [2.05, 4.69) is 21.3 Å². The molecule has 14 nitrogen and oxygen atoms in total. The van der Waals surface area contributed by atoms with Gasteiger partial charge in [0.1, 0.15) is 35.2 Å². The van der Waals surface area contributed by atoms with Crippen LogP contribution in [0, 0.1) is 5.92 Å². The molecule has 5 unspecified atom stereocenters. The molecule has 0 aromatic rings. The summed E-state index contributed by atoms with van der Waals surface area (Å²) in [6, 6.07) is -2.59. The minimum atomic E-state index is -0.704. The largest absolute Gasteiger partial charge is 0.353 e. The maximum Gasteiger partial charge on any atom is 0.222 e. The second-order valence-corrected chi connectivity index (χ2v) is 13.6. The van der Waals surface area contributed by atoms with E-state index in [9.17, 15) is 47.9 Å². The molecule has 0 fully saturated rings. The summed E-state index contributed by atoms with van der Waals surface area (Å²) in [5.74, 6) is -2.41. The molecule has 0 aromatic heterocycles. The molecule has 14 heteroatoms. The lowest BCUT2D eigenvalue weighted by Crippen LogP contribution is -2.44. The quantitative estimate of drug-likeness (QED) is 0.0833. The zero-order chi connectivity index (χ0) is 38.2. The van der Waals surface area contributed by atoms with Crippen LogP contribution in [0.25, 0.3) is 0 Å². The van der Waals surface area contributed by atoms with Gasteiger partial charge in [-0.3, -0.25) is 28.8 Å². The Labute approximate surface area is 295 Å². The third-order valence-electron chi connectivity index (χ3n) is 7.96. The topological polar surface area (TPSA) is 219 Å². The molecule has 0 heterocycles. The Bertz CT molecular complexity index is 1200. The second-order valence-electron chi connectivity index (χ2n) is 13.6. The number of aldehydes is 1. The van der Waals surface area contributed by atoms with E-state index in [-0.39, 0.29) is 118 Å². The average molecular weight is 707 g/mol. The Morgan fingerprint density at radius 2 is 0.740 bits per heavy atom. The van der Waals surface area contributed by atoms with E-state index < -0.39 is 41.9 Å². The lowest BCUT2D eigenvalue weighted by atomic mass is 10.00. The summed E-state index contributed by atoms with van der Waals surface area (Å²) in [7, 11) is 0. The van der Waals surface area contributed by atoms with Crippen LogP contribution in [0.2, 0.25) is 0 Å². The van der Waals surface area contributed by atoms with Crippen LogP contribution >= 0.6 is 0 Å². The van der Waals surface area contributed by atoms with Crippen LogP contribution in [0.3, 0.4) is 0 Å². The van der Waals surface area contributed by atoms with Gasteiger partial charge in [-0.1, -0.05) is 6.92 Å². The van der Waals surface area contributed by atoms with Gasteiger partial charge in [0.15, 0.2) is 0 Å². The first-order chi connectivity index (χ1) is 23.4. The standard InChI is InChI=1S/C36H58N4O10/c1-23(8-7-17-41)18-34(48)40-32(14-11-26(4)44)22-36(50)39-30(20-28(6)46)15-16-33(47)37-31(13-10-25(3)43)21-35(49)38-29(19-27(5)45)12-9-24(2)42/h17,23,29-32H,7-16,18-22H2,1-6H3,(H,37,47)(H,38,49)(H,39,50)(H,40,48). The molecule has 50 heavy (non-hydrogen) atoms. The molecule has 0 bridgehead atoms. The number of carbonyl (C=O) groups is 10. The summed E-state index contributed by atoms with van der Waals surface area (Å²) < 4.78 is 0. The number of amides is 4. The first-order valence-electron chi connectivity index (χ1n) is 17.5. The van der Waals surface area contributed by atoms with Crippen LogP contribution in [0.4, 0.5) is 0 Å². The van der Waals surface area contributed by atoms with Gasteiger partial charge in [0.05, 0.1) is 0 Å². The van der Waals surface area contributed by atoms with Gasteiger partial charge in [-0.05, 0) is 72.6 Å². The van der Waals surface area contributed by atoms with Crippen molar-refractivity contribution in [3.8, 4) is 0 Å². The normalized spacial score (nSPS) is 13.8. The predicted octanol–water partition coefficient (Wildman–Crippen LogP) is 2.56. The lowest BCUT2D eigenvalue weighted by molar-refractivity contribution is -0.127. The Morgan fingerprint density at radius 1 is 0.420 bits per heavy atom. The molecule has 0 saturated carbocycles. The maximum atomic E-state index is 13.1. The maximum absolute atomic E-state index is 13.1. The van der Waals surface area contributed by atoms with E-state index in [0.717, 1.165) is 6.29 Å². The van der Waals surface area contributed by atoms with Crippen LogP contribution < -0.4 is 21.3 Å². The molecule has 4 N–H and O–H groups in total. The highest BCUT2D eigenvalue weighted by Gasteiger charge is 2.24. The van der Waals surface area contributed by atoms with Gasteiger partial charge >= 0.3 is 0 Å². The molecule has 282 valence electrons. The van der Waals surface area contributed by atoms with E-state index in [1.807, 2.05) is 6.92 Å². The fourth-order valence-corrected chi connectivity index (χ4v) is 5.41. The summed E-state index contributed by atoms with van der Waals surface area (Å²) >= 11 is 0. The van der Waals surface area contributed by atoms with Crippen LogP contribution in [0.5, 0.6) is 0 Å². The molecular formula is C36H58N4O10. The molecule has 4 amide bonds. The van der Waals surface area contributed by atoms with Crippen molar-refractivity contribution in [3.63, 3.8) is 0 Å². The summed E-state index contributed by atoms with van der Waals surface area (Å²) in [5.41, 5.74) is 0. The number of nitrogens with one attached hydrogen (secondary N) is 4. The Balaban J connectivity index is 5.44.